The molecule has 0 aliphatic carbocycles. The van der Waals surface area contributed by atoms with E-state index in [0.717, 1.165) is 45.3 Å². The molecule has 2 aromatic carbocycles. The van der Waals surface area contributed by atoms with Gasteiger partial charge in [-0.25, -0.2) is 0 Å². The minimum absolute atomic E-state index is 0.00824. The fourth-order valence-electron chi connectivity index (χ4n) is 2.63. The molecule has 0 fully saturated rings. The minimum Gasteiger partial charge on any atom is -0.399 e. The molecule has 2 N–H and O–H groups in total. The topological polar surface area (TPSA) is 46.3 Å². The number of hydrogen-bond donors (Lipinski definition) is 1. The van der Waals surface area contributed by atoms with Gasteiger partial charge in [0.05, 0.1) is 5.56 Å². The first-order valence-electron chi connectivity index (χ1n) is 6.71. The highest BCUT2D eigenvalue weighted by atomic mass is 79.9. The van der Waals surface area contributed by atoms with Gasteiger partial charge in [0.25, 0.3) is 5.91 Å². The van der Waals surface area contributed by atoms with Gasteiger partial charge in [0.15, 0.2) is 0 Å². The zero-order valence-electron chi connectivity index (χ0n) is 11.3. The van der Waals surface area contributed by atoms with Crippen LogP contribution in [0.15, 0.2) is 45.3 Å². The van der Waals surface area contributed by atoms with Gasteiger partial charge in [-0.3, -0.25) is 4.79 Å². The Labute approximate surface area is 140 Å². The van der Waals surface area contributed by atoms with Crippen molar-refractivity contribution in [1.82, 2.24) is 0 Å². The molecule has 0 spiro atoms. The van der Waals surface area contributed by atoms with Crippen LogP contribution in [0.2, 0.25) is 0 Å². The molecule has 0 unspecified atom stereocenters. The summed E-state index contributed by atoms with van der Waals surface area (Å²) in [5.41, 5.74) is 9.35. The quantitative estimate of drug-likeness (QED) is 0.710. The van der Waals surface area contributed by atoms with E-state index in [0.29, 0.717) is 5.56 Å². The Bertz CT molecular complexity index is 715. The third kappa shape index (κ3) is 2.85. The molecule has 1 amide bonds. The number of amides is 1. The molecule has 1 aliphatic heterocycles. The van der Waals surface area contributed by atoms with Gasteiger partial charge in [0.1, 0.15) is 0 Å². The Kier molecular flexibility index (Phi) is 4.04. The number of nitrogens with two attached hydrogens (primary N) is 1. The molecule has 0 radical (unpaired) electrons. The highest BCUT2D eigenvalue weighted by Crippen LogP contribution is 2.32. The summed E-state index contributed by atoms with van der Waals surface area (Å²) >= 11 is 6.88. The van der Waals surface area contributed by atoms with Crippen molar-refractivity contribution >= 4 is 49.1 Å². The molecule has 3 nitrogen and oxygen atoms in total. The third-order valence-corrected chi connectivity index (χ3v) is 4.81. The first-order valence-corrected chi connectivity index (χ1v) is 8.30. The van der Waals surface area contributed by atoms with Crippen molar-refractivity contribution < 1.29 is 4.79 Å². The lowest BCUT2D eigenvalue weighted by Gasteiger charge is -2.30. The maximum Gasteiger partial charge on any atom is 0.259 e. The summed E-state index contributed by atoms with van der Waals surface area (Å²) in [6.07, 6.45) is 1.91. The van der Waals surface area contributed by atoms with E-state index in [1.807, 2.05) is 41.3 Å². The minimum atomic E-state index is 0.00824. The predicted octanol–water partition coefficient (Wildman–Crippen LogP) is 4.39. The van der Waals surface area contributed by atoms with Crippen LogP contribution < -0.4 is 10.6 Å². The largest absolute Gasteiger partial charge is 0.399 e. The highest BCUT2D eigenvalue weighted by Gasteiger charge is 2.25. The number of anilines is 2. The molecular weight excluding hydrogens is 396 g/mol. The number of carbonyl (C=O) groups is 1. The van der Waals surface area contributed by atoms with E-state index in [4.69, 9.17) is 5.73 Å². The van der Waals surface area contributed by atoms with E-state index in [2.05, 4.69) is 31.9 Å². The van der Waals surface area contributed by atoms with Crippen molar-refractivity contribution in [2.75, 3.05) is 17.2 Å². The smallest absolute Gasteiger partial charge is 0.259 e. The summed E-state index contributed by atoms with van der Waals surface area (Å²) in [6.45, 7) is 0.731. The highest BCUT2D eigenvalue weighted by molar-refractivity contribution is 9.11. The average Bonchev–Trinajstić information content (AvgIpc) is 2.48. The summed E-state index contributed by atoms with van der Waals surface area (Å²) < 4.78 is 1.70. The molecule has 5 heteroatoms. The zero-order valence-corrected chi connectivity index (χ0v) is 14.4. The van der Waals surface area contributed by atoms with E-state index in [1.54, 1.807) is 0 Å². The summed E-state index contributed by atoms with van der Waals surface area (Å²) in [5, 5.41) is 0. The lowest BCUT2D eigenvalue weighted by Crippen LogP contribution is -2.35. The van der Waals surface area contributed by atoms with Crippen LogP contribution in [0.5, 0.6) is 0 Å². The number of benzene rings is 2. The first-order chi connectivity index (χ1) is 10.1. The Balaban J connectivity index is 2.02. The van der Waals surface area contributed by atoms with Gasteiger partial charge in [-0.2, -0.15) is 0 Å². The van der Waals surface area contributed by atoms with Crippen molar-refractivity contribution in [3.63, 3.8) is 0 Å². The molecule has 1 heterocycles. The summed E-state index contributed by atoms with van der Waals surface area (Å²) in [7, 11) is 0. The van der Waals surface area contributed by atoms with Crippen LogP contribution in [0.1, 0.15) is 22.3 Å². The molecule has 0 aromatic heterocycles. The number of fused-ring (bicyclic) bond motifs is 1. The van der Waals surface area contributed by atoms with Crippen LogP contribution >= 0.6 is 31.9 Å². The van der Waals surface area contributed by atoms with Gasteiger partial charge in [-0.15, -0.1) is 0 Å². The van der Waals surface area contributed by atoms with E-state index < -0.39 is 0 Å². The maximum absolute atomic E-state index is 12.9. The van der Waals surface area contributed by atoms with Crippen molar-refractivity contribution in [2.45, 2.75) is 12.8 Å². The van der Waals surface area contributed by atoms with E-state index >= 15 is 0 Å². The second-order valence-electron chi connectivity index (χ2n) is 5.07. The monoisotopic (exact) mass is 408 g/mol. The first kappa shape index (κ1) is 14.6. The van der Waals surface area contributed by atoms with Crippen LogP contribution in [0, 0.1) is 0 Å². The molecule has 0 atom stereocenters. The molecule has 1 aliphatic rings. The lowest BCUT2D eigenvalue weighted by atomic mass is 10.00. The summed E-state index contributed by atoms with van der Waals surface area (Å²) in [4.78, 5) is 14.7. The molecule has 2 aromatic rings. The van der Waals surface area contributed by atoms with Gasteiger partial charge >= 0.3 is 0 Å². The number of halogens is 2. The van der Waals surface area contributed by atoms with E-state index in [9.17, 15) is 4.79 Å². The number of aryl methyl sites for hydroxylation is 1. The van der Waals surface area contributed by atoms with Gasteiger partial charge < -0.3 is 10.6 Å². The summed E-state index contributed by atoms with van der Waals surface area (Å²) in [5.74, 6) is 0.00824. The molecular formula is C16H14Br2N2O. The standard InChI is InChI=1S/C16H14Br2N2O/c17-11-3-5-14(18)13(9-11)16(21)20-7-1-2-10-8-12(19)4-6-15(10)20/h3-6,8-9H,1-2,7,19H2. The third-order valence-electron chi connectivity index (χ3n) is 3.63. The maximum atomic E-state index is 12.9. The molecule has 108 valence electrons. The Hall–Kier alpha value is -1.33. The van der Waals surface area contributed by atoms with Crippen LogP contribution in [-0.4, -0.2) is 12.5 Å². The molecule has 21 heavy (non-hydrogen) atoms. The molecule has 3 rings (SSSR count). The van der Waals surface area contributed by atoms with Gasteiger partial charge in [0, 0.05) is 26.9 Å². The average molecular weight is 410 g/mol. The zero-order chi connectivity index (χ0) is 15.0. The Morgan fingerprint density at radius 3 is 2.76 bits per heavy atom. The fourth-order valence-corrected chi connectivity index (χ4v) is 3.41. The van der Waals surface area contributed by atoms with Crippen LogP contribution in [-0.2, 0) is 6.42 Å². The fraction of sp³-hybridized carbons (Fsp3) is 0.188. The number of hydrogen-bond acceptors (Lipinski definition) is 2. The lowest BCUT2D eigenvalue weighted by molar-refractivity contribution is 0.0984. The number of carbonyl (C=O) groups excluding carboxylic acids is 1. The second kappa shape index (κ2) is 5.81. The number of nitrogens with zero attached hydrogens (tertiary/aromatic N) is 1. The van der Waals surface area contributed by atoms with Crippen molar-refractivity contribution in [3.8, 4) is 0 Å². The molecule has 0 bridgehead atoms. The van der Waals surface area contributed by atoms with Crippen molar-refractivity contribution in [2.24, 2.45) is 0 Å². The van der Waals surface area contributed by atoms with Crippen LogP contribution in [0.25, 0.3) is 0 Å². The molecule has 0 saturated carbocycles. The van der Waals surface area contributed by atoms with E-state index in [-0.39, 0.29) is 5.91 Å². The van der Waals surface area contributed by atoms with Gasteiger partial charge in [-0.1, -0.05) is 15.9 Å². The second-order valence-corrected chi connectivity index (χ2v) is 6.84. The van der Waals surface area contributed by atoms with Crippen molar-refractivity contribution in [1.29, 1.82) is 0 Å². The normalized spacial score (nSPS) is 13.9. The predicted molar refractivity (Wildman–Crippen MR) is 92.7 cm³/mol. The van der Waals surface area contributed by atoms with E-state index in [1.165, 1.54) is 0 Å². The number of nitrogen functional groups attached to an aromatic ring is 1. The van der Waals surface area contributed by atoms with Crippen molar-refractivity contribution in [3.05, 3.63) is 56.5 Å². The SMILES string of the molecule is Nc1ccc2c(c1)CCCN2C(=O)c1cc(Br)ccc1Br. The number of rotatable bonds is 1. The Morgan fingerprint density at radius 1 is 1.14 bits per heavy atom. The Morgan fingerprint density at radius 2 is 1.95 bits per heavy atom. The molecule has 0 saturated heterocycles. The van der Waals surface area contributed by atoms with Crippen LogP contribution in [0.3, 0.4) is 0 Å². The van der Waals surface area contributed by atoms with Gasteiger partial charge in [-0.05, 0) is 70.7 Å². The van der Waals surface area contributed by atoms with Gasteiger partial charge in [0.2, 0.25) is 0 Å². The van der Waals surface area contributed by atoms with Crippen LogP contribution in [0.4, 0.5) is 11.4 Å². The summed E-state index contributed by atoms with van der Waals surface area (Å²) in [6, 6.07) is 11.4.